The number of benzene rings is 1. The van der Waals surface area contributed by atoms with Gasteiger partial charge in [0.05, 0.1) is 6.10 Å². The summed E-state index contributed by atoms with van der Waals surface area (Å²) < 4.78 is 0. The zero-order chi connectivity index (χ0) is 37.5. The van der Waals surface area contributed by atoms with Crippen molar-refractivity contribution in [2.45, 2.75) is 76.0 Å². The van der Waals surface area contributed by atoms with Gasteiger partial charge < -0.3 is 59.3 Å². The number of rotatable bonds is 8. The van der Waals surface area contributed by atoms with E-state index in [1.54, 1.807) is 44.2 Å². The lowest BCUT2D eigenvalue weighted by Crippen LogP contribution is -2.62. The summed E-state index contributed by atoms with van der Waals surface area (Å²) in [7, 11) is 0. The van der Waals surface area contributed by atoms with Crippen molar-refractivity contribution >= 4 is 41.5 Å². The molecule has 0 spiro atoms. The fourth-order valence-electron chi connectivity index (χ4n) is 5.14. The highest BCUT2D eigenvalue weighted by Gasteiger charge is 2.35. The SMILES string of the molecule is CC(C)C[C@@H]1NC(=O)[C@@H](Cc2ccccc2)NC(=O)[C@H](CN)N(C(=O)O)CCNC(=O)[C@H]([C@@H](C)O)NC(=O)[C@H](CN)NC(=O)[C@H](CN)NC1=O. The van der Waals surface area contributed by atoms with Crippen molar-refractivity contribution in [3.63, 3.8) is 0 Å². The third-order valence-corrected chi connectivity index (χ3v) is 7.86. The lowest BCUT2D eigenvalue weighted by Gasteiger charge is -2.30. The number of nitrogens with one attached hydrogen (secondary N) is 6. The molecule has 7 amide bonds. The third kappa shape index (κ3) is 12.2. The summed E-state index contributed by atoms with van der Waals surface area (Å²) in [6.07, 6.45) is -2.95. The molecule has 0 saturated carbocycles. The summed E-state index contributed by atoms with van der Waals surface area (Å²) >= 11 is 0. The molecule has 0 aromatic heterocycles. The van der Waals surface area contributed by atoms with Crippen LogP contribution in [0.15, 0.2) is 30.3 Å². The van der Waals surface area contributed by atoms with Crippen LogP contribution in [0.5, 0.6) is 0 Å². The Morgan fingerprint density at radius 1 is 0.740 bits per heavy atom. The van der Waals surface area contributed by atoms with Gasteiger partial charge in [-0.2, -0.15) is 0 Å². The van der Waals surface area contributed by atoms with E-state index in [2.05, 4.69) is 31.9 Å². The minimum Gasteiger partial charge on any atom is -0.465 e. The van der Waals surface area contributed by atoms with Gasteiger partial charge in [0, 0.05) is 39.1 Å². The Bertz CT molecular complexity index is 1350. The Kier molecular flexibility index (Phi) is 16.5. The first-order chi connectivity index (χ1) is 23.6. The molecule has 19 heteroatoms. The maximum absolute atomic E-state index is 13.8. The molecular weight excluding hydrogens is 656 g/mol. The number of nitrogens with two attached hydrogens (primary N) is 3. The van der Waals surface area contributed by atoms with Crippen LogP contribution in [0, 0.1) is 5.92 Å². The molecule has 278 valence electrons. The van der Waals surface area contributed by atoms with Crippen LogP contribution in [0.1, 0.15) is 32.8 Å². The first-order valence-corrected chi connectivity index (χ1v) is 16.2. The molecule has 0 bridgehead atoms. The molecule has 0 unspecified atom stereocenters. The summed E-state index contributed by atoms with van der Waals surface area (Å²) in [6, 6.07) is 0.210. The van der Waals surface area contributed by atoms with E-state index in [0.717, 1.165) is 0 Å². The van der Waals surface area contributed by atoms with Crippen LogP contribution < -0.4 is 49.1 Å². The number of aliphatic hydroxyl groups is 1. The van der Waals surface area contributed by atoms with E-state index in [9.17, 15) is 43.8 Å². The number of hydrogen-bond donors (Lipinski definition) is 11. The normalized spacial score (nSPS) is 26.0. The van der Waals surface area contributed by atoms with Gasteiger partial charge in [0.1, 0.15) is 36.3 Å². The van der Waals surface area contributed by atoms with E-state index in [1.165, 1.54) is 6.92 Å². The van der Waals surface area contributed by atoms with Gasteiger partial charge in [-0.15, -0.1) is 0 Å². The molecule has 2 rings (SSSR count). The molecule has 0 radical (unpaired) electrons. The molecule has 1 saturated heterocycles. The van der Waals surface area contributed by atoms with Crippen molar-refractivity contribution in [1.82, 2.24) is 36.8 Å². The summed E-state index contributed by atoms with van der Waals surface area (Å²) in [6.45, 7) is 2.63. The van der Waals surface area contributed by atoms with Gasteiger partial charge in [0.2, 0.25) is 35.4 Å². The van der Waals surface area contributed by atoms with E-state index in [-0.39, 0.29) is 25.3 Å². The fraction of sp³-hybridized carbons (Fsp3) is 0.581. The summed E-state index contributed by atoms with van der Waals surface area (Å²) in [4.78, 5) is 93.0. The first kappa shape index (κ1) is 41.3. The highest BCUT2D eigenvalue weighted by atomic mass is 16.4. The van der Waals surface area contributed by atoms with Crippen LogP contribution in [0.4, 0.5) is 4.79 Å². The Morgan fingerprint density at radius 2 is 1.24 bits per heavy atom. The largest absolute Gasteiger partial charge is 0.465 e. The lowest BCUT2D eigenvalue weighted by molar-refractivity contribution is -0.135. The highest BCUT2D eigenvalue weighted by Crippen LogP contribution is 2.10. The topological polar surface area (TPSA) is 313 Å². The lowest BCUT2D eigenvalue weighted by atomic mass is 10.0. The Morgan fingerprint density at radius 3 is 1.74 bits per heavy atom. The second-order valence-electron chi connectivity index (χ2n) is 12.3. The summed E-state index contributed by atoms with van der Waals surface area (Å²) in [5.74, 6) is -5.38. The fourth-order valence-corrected chi connectivity index (χ4v) is 5.14. The van der Waals surface area contributed by atoms with E-state index in [4.69, 9.17) is 17.2 Å². The molecule has 1 aromatic rings. The Balaban J connectivity index is 2.59. The molecule has 0 aliphatic carbocycles. The monoisotopic (exact) mass is 706 g/mol. The highest BCUT2D eigenvalue weighted by molar-refractivity contribution is 5.97. The molecule has 1 aliphatic rings. The average molecular weight is 707 g/mol. The van der Waals surface area contributed by atoms with Crippen molar-refractivity contribution in [2.75, 3.05) is 32.7 Å². The Hall–Kier alpha value is -4.85. The van der Waals surface area contributed by atoms with Gasteiger partial charge in [0.25, 0.3) is 0 Å². The minimum absolute atomic E-state index is 0.0507. The minimum atomic E-state index is -1.56. The predicted octanol–water partition coefficient (Wildman–Crippen LogP) is -4.57. The second-order valence-corrected chi connectivity index (χ2v) is 12.3. The molecule has 14 N–H and O–H groups in total. The van der Waals surface area contributed by atoms with E-state index < -0.39 is 110 Å². The van der Waals surface area contributed by atoms with Gasteiger partial charge >= 0.3 is 6.09 Å². The quantitative estimate of drug-likeness (QED) is 0.122. The van der Waals surface area contributed by atoms with Crippen LogP contribution in [0.2, 0.25) is 0 Å². The number of amides is 7. The van der Waals surface area contributed by atoms with Gasteiger partial charge in [-0.25, -0.2) is 4.79 Å². The number of hydrogen-bond acceptors (Lipinski definition) is 11. The van der Waals surface area contributed by atoms with Crippen molar-refractivity contribution < 1.29 is 43.8 Å². The Labute approximate surface area is 289 Å². The maximum atomic E-state index is 13.8. The third-order valence-electron chi connectivity index (χ3n) is 7.86. The number of carbonyl (C=O) groups excluding carboxylic acids is 6. The van der Waals surface area contributed by atoms with Crippen molar-refractivity contribution in [2.24, 2.45) is 23.1 Å². The standard InChI is InChI=1S/C31H50N10O9/c1-16(2)11-19-25(43)38-21(13-32)27(45)39-22(14-33)28(46)40-24(17(3)42)30(48)35-9-10-41(31(49)50)23(15-34)29(47)37-20(26(44)36-19)12-18-7-5-4-6-8-18/h4-8,16-17,19-24,42H,9-15,32-34H2,1-3H3,(H,35,48)(H,36,44)(H,37,47)(H,38,43)(H,39,45)(H,40,46)(H,49,50)/t17-,19+,20-,21+,22+,23+,24+/m1/s1. The summed E-state index contributed by atoms with van der Waals surface area (Å²) in [5.41, 5.74) is 18.0. The van der Waals surface area contributed by atoms with E-state index in [1.807, 2.05) is 0 Å². The number of aliphatic hydroxyl groups excluding tert-OH is 1. The predicted molar refractivity (Wildman–Crippen MR) is 180 cm³/mol. The van der Waals surface area contributed by atoms with Crippen LogP contribution in [0.3, 0.4) is 0 Å². The number of carbonyl (C=O) groups is 7. The van der Waals surface area contributed by atoms with Crippen LogP contribution in [0.25, 0.3) is 0 Å². The van der Waals surface area contributed by atoms with Gasteiger partial charge in [-0.3, -0.25) is 33.7 Å². The molecule has 1 aliphatic heterocycles. The first-order valence-electron chi connectivity index (χ1n) is 16.2. The molecule has 50 heavy (non-hydrogen) atoms. The summed E-state index contributed by atoms with van der Waals surface area (Å²) in [5, 5.41) is 35.0. The van der Waals surface area contributed by atoms with Gasteiger partial charge in [-0.1, -0.05) is 44.2 Å². The molecular formula is C31H50N10O9. The van der Waals surface area contributed by atoms with Gasteiger partial charge in [-0.05, 0) is 24.8 Å². The zero-order valence-corrected chi connectivity index (χ0v) is 28.4. The molecule has 1 heterocycles. The molecule has 7 atom stereocenters. The van der Waals surface area contributed by atoms with Crippen molar-refractivity contribution in [3.8, 4) is 0 Å². The molecule has 1 aromatic carbocycles. The second kappa shape index (κ2) is 20.0. The smallest absolute Gasteiger partial charge is 0.408 e. The van der Waals surface area contributed by atoms with Crippen LogP contribution in [-0.4, -0.2) is 132 Å². The van der Waals surface area contributed by atoms with Crippen molar-refractivity contribution in [1.29, 1.82) is 0 Å². The average Bonchev–Trinajstić information content (AvgIpc) is 3.06. The van der Waals surface area contributed by atoms with Gasteiger partial charge in [0.15, 0.2) is 0 Å². The van der Waals surface area contributed by atoms with Crippen molar-refractivity contribution in [3.05, 3.63) is 35.9 Å². The molecule has 19 nitrogen and oxygen atoms in total. The number of carboxylic acid groups (broad SMARTS) is 1. The maximum Gasteiger partial charge on any atom is 0.408 e. The van der Waals surface area contributed by atoms with E-state index >= 15 is 0 Å². The van der Waals surface area contributed by atoms with Crippen LogP contribution in [-0.2, 0) is 35.2 Å². The zero-order valence-electron chi connectivity index (χ0n) is 28.4. The van der Waals surface area contributed by atoms with E-state index in [0.29, 0.717) is 10.5 Å². The molecule has 1 fully saturated rings. The van der Waals surface area contributed by atoms with Crippen LogP contribution >= 0.6 is 0 Å². The number of nitrogens with zero attached hydrogens (tertiary/aromatic N) is 1.